The Morgan fingerprint density at radius 1 is 1.21 bits per heavy atom. The Bertz CT molecular complexity index is 473. The van der Waals surface area contributed by atoms with Gasteiger partial charge in [0.1, 0.15) is 0 Å². The predicted molar refractivity (Wildman–Crippen MR) is 65.7 cm³/mol. The summed E-state index contributed by atoms with van der Waals surface area (Å²) in [6.07, 6.45) is 1.88. The fourth-order valence-electron chi connectivity index (χ4n) is 3.47. The number of aliphatic carboxylic acids is 1. The van der Waals surface area contributed by atoms with E-state index < -0.39 is 22.1 Å². The summed E-state index contributed by atoms with van der Waals surface area (Å²) >= 11 is 0. The summed E-state index contributed by atoms with van der Waals surface area (Å²) in [7, 11) is -3.54. The Balaban J connectivity index is 1.84. The number of hydrogen-bond acceptors (Lipinski definition) is 4. The van der Waals surface area contributed by atoms with E-state index in [1.54, 1.807) is 0 Å². The molecule has 108 valence electrons. The zero-order valence-electron chi connectivity index (χ0n) is 10.6. The van der Waals surface area contributed by atoms with Gasteiger partial charge in [-0.2, -0.15) is 17.0 Å². The minimum Gasteiger partial charge on any atom is -0.481 e. The third-order valence-corrected chi connectivity index (χ3v) is 6.47. The molecule has 3 rings (SSSR count). The highest BCUT2D eigenvalue weighted by Crippen LogP contribution is 2.44. The average molecular weight is 290 g/mol. The molecule has 0 amide bonds. The van der Waals surface area contributed by atoms with Crippen LogP contribution in [0.4, 0.5) is 0 Å². The van der Waals surface area contributed by atoms with Crippen LogP contribution in [0.3, 0.4) is 0 Å². The Morgan fingerprint density at radius 2 is 1.89 bits per heavy atom. The number of carbonyl (C=O) groups is 1. The minimum absolute atomic E-state index is 0.140. The third-order valence-electron chi connectivity index (χ3n) is 4.35. The molecule has 2 bridgehead atoms. The maximum atomic E-state index is 12.6. The molecule has 3 atom stereocenters. The third kappa shape index (κ3) is 2.06. The first kappa shape index (κ1) is 13.3. The van der Waals surface area contributed by atoms with Crippen LogP contribution in [0.2, 0.25) is 0 Å². The molecule has 0 aromatic carbocycles. The molecule has 8 heteroatoms. The highest BCUT2D eigenvalue weighted by molar-refractivity contribution is 7.86. The summed E-state index contributed by atoms with van der Waals surface area (Å²) in [6, 6.07) is -0.505. The van der Waals surface area contributed by atoms with Crippen LogP contribution in [-0.2, 0) is 19.7 Å². The molecule has 1 N–H and O–H groups in total. The Morgan fingerprint density at radius 3 is 2.47 bits per heavy atom. The lowest BCUT2D eigenvalue weighted by Gasteiger charge is -2.32. The van der Waals surface area contributed by atoms with Crippen LogP contribution in [0, 0.1) is 5.92 Å². The number of ether oxygens (including phenoxy) is 1. The molecule has 19 heavy (non-hydrogen) atoms. The van der Waals surface area contributed by atoms with E-state index in [2.05, 4.69) is 0 Å². The van der Waals surface area contributed by atoms with Crippen LogP contribution in [-0.4, -0.2) is 66.5 Å². The first-order valence-electron chi connectivity index (χ1n) is 6.61. The maximum absolute atomic E-state index is 12.6. The Kier molecular flexibility index (Phi) is 3.28. The molecule has 3 saturated heterocycles. The average Bonchev–Trinajstić information content (AvgIpc) is 2.98. The van der Waals surface area contributed by atoms with Gasteiger partial charge in [0, 0.05) is 25.2 Å². The van der Waals surface area contributed by atoms with E-state index in [4.69, 9.17) is 4.74 Å². The number of morpholine rings is 1. The number of hydrogen-bond donors (Lipinski definition) is 1. The van der Waals surface area contributed by atoms with E-state index in [0.717, 1.165) is 6.42 Å². The summed E-state index contributed by atoms with van der Waals surface area (Å²) in [5.41, 5.74) is 0. The van der Waals surface area contributed by atoms with Crippen molar-refractivity contribution in [2.24, 2.45) is 5.92 Å². The Hall–Kier alpha value is -0.700. The van der Waals surface area contributed by atoms with Crippen LogP contribution in [0.1, 0.15) is 19.3 Å². The molecule has 0 spiro atoms. The number of rotatable bonds is 3. The van der Waals surface area contributed by atoms with Crippen molar-refractivity contribution < 1.29 is 23.1 Å². The second-order valence-corrected chi connectivity index (χ2v) is 7.16. The maximum Gasteiger partial charge on any atom is 0.308 e. The molecular weight excluding hydrogens is 272 g/mol. The molecule has 3 aliphatic rings. The van der Waals surface area contributed by atoms with Gasteiger partial charge >= 0.3 is 5.97 Å². The van der Waals surface area contributed by atoms with Crippen molar-refractivity contribution >= 4 is 16.2 Å². The zero-order chi connectivity index (χ0) is 13.6. The fourth-order valence-corrected chi connectivity index (χ4v) is 5.51. The second kappa shape index (κ2) is 4.69. The molecular formula is C11H18N2O5S. The van der Waals surface area contributed by atoms with Gasteiger partial charge in [0.05, 0.1) is 19.1 Å². The minimum atomic E-state index is -3.54. The lowest BCUT2D eigenvalue weighted by atomic mass is 9.89. The molecule has 3 fully saturated rings. The summed E-state index contributed by atoms with van der Waals surface area (Å²) in [4.78, 5) is 11.2. The van der Waals surface area contributed by atoms with Gasteiger partial charge in [-0.3, -0.25) is 4.79 Å². The lowest BCUT2D eigenvalue weighted by molar-refractivity contribution is -0.142. The van der Waals surface area contributed by atoms with Gasteiger partial charge in [-0.05, 0) is 19.3 Å². The molecule has 3 unspecified atom stereocenters. The van der Waals surface area contributed by atoms with E-state index in [1.807, 2.05) is 0 Å². The van der Waals surface area contributed by atoms with Crippen LogP contribution in [0.25, 0.3) is 0 Å². The van der Waals surface area contributed by atoms with Crippen molar-refractivity contribution in [3.63, 3.8) is 0 Å². The summed E-state index contributed by atoms with van der Waals surface area (Å²) in [5, 5.41) is 9.17. The van der Waals surface area contributed by atoms with Crippen molar-refractivity contribution in [1.82, 2.24) is 8.61 Å². The van der Waals surface area contributed by atoms with Crippen LogP contribution in [0.15, 0.2) is 0 Å². The van der Waals surface area contributed by atoms with E-state index in [0.29, 0.717) is 39.1 Å². The predicted octanol–water partition coefficient (Wildman–Crippen LogP) is -0.499. The molecule has 0 aromatic heterocycles. The topological polar surface area (TPSA) is 87.2 Å². The molecule has 3 aliphatic heterocycles. The van der Waals surface area contributed by atoms with Gasteiger partial charge in [-0.15, -0.1) is 0 Å². The first-order valence-corrected chi connectivity index (χ1v) is 8.00. The monoisotopic (exact) mass is 290 g/mol. The van der Waals surface area contributed by atoms with E-state index in [9.17, 15) is 18.3 Å². The molecule has 3 heterocycles. The zero-order valence-corrected chi connectivity index (χ0v) is 11.4. The van der Waals surface area contributed by atoms with E-state index in [-0.39, 0.29) is 12.1 Å². The molecule has 0 radical (unpaired) electrons. The Labute approximate surface area is 112 Å². The number of carboxylic acids is 1. The SMILES string of the molecule is O=C(O)C1CC2CCC1N2S(=O)(=O)N1CCOCC1. The van der Waals surface area contributed by atoms with Crippen LogP contribution in [0.5, 0.6) is 0 Å². The standard InChI is InChI=1S/C11H18N2O5S/c14-11(15)9-7-8-1-2-10(9)13(8)19(16,17)12-3-5-18-6-4-12/h8-10H,1-7H2,(H,14,15). The molecule has 7 nitrogen and oxygen atoms in total. The van der Waals surface area contributed by atoms with Gasteiger partial charge in [0.15, 0.2) is 0 Å². The molecule has 0 saturated carbocycles. The fraction of sp³-hybridized carbons (Fsp3) is 0.909. The van der Waals surface area contributed by atoms with Gasteiger partial charge < -0.3 is 9.84 Å². The number of carboxylic acid groups (broad SMARTS) is 1. The van der Waals surface area contributed by atoms with Gasteiger partial charge in [0.2, 0.25) is 0 Å². The summed E-state index contributed by atoms with van der Waals surface area (Å²) in [5.74, 6) is -1.43. The lowest BCUT2D eigenvalue weighted by Crippen LogP contribution is -2.50. The van der Waals surface area contributed by atoms with Crippen molar-refractivity contribution in [1.29, 1.82) is 0 Å². The van der Waals surface area contributed by atoms with Crippen LogP contribution >= 0.6 is 0 Å². The highest BCUT2D eigenvalue weighted by Gasteiger charge is 2.55. The van der Waals surface area contributed by atoms with Gasteiger partial charge in [-0.25, -0.2) is 0 Å². The molecule has 0 aliphatic carbocycles. The van der Waals surface area contributed by atoms with Crippen molar-refractivity contribution in [3.05, 3.63) is 0 Å². The smallest absolute Gasteiger partial charge is 0.308 e. The van der Waals surface area contributed by atoms with Gasteiger partial charge in [-0.1, -0.05) is 0 Å². The summed E-state index contributed by atoms with van der Waals surface area (Å²) in [6.45, 7) is 1.53. The van der Waals surface area contributed by atoms with Crippen molar-refractivity contribution in [2.45, 2.75) is 31.3 Å². The number of nitrogens with zero attached hydrogens (tertiary/aromatic N) is 2. The van der Waals surface area contributed by atoms with Gasteiger partial charge in [0.25, 0.3) is 10.2 Å². The van der Waals surface area contributed by atoms with Crippen molar-refractivity contribution in [3.8, 4) is 0 Å². The second-order valence-electron chi connectivity index (χ2n) is 5.33. The normalized spacial score (nSPS) is 36.7. The van der Waals surface area contributed by atoms with Crippen LogP contribution < -0.4 is 0 Å². The first-order chi connectivity index (χ1) is 9.01. The van der Waals surface area contributed by atoms with Crippen molar-refractivity contribution in [2.75, 3.05) is 26.3 Å². The largest absolute Gasteiger partial charge is 0.481 e. The molecule has 0 aromatic rings. The quantitative estimate of drug-likeness (QED) is 0.757. The summed E-state index contributed by atoms with van der Waals surface area (Å²) < 4.78 is 33.3. The van der Waals surface area contributed by atoms with E-state index >= 15 is 0 Å². The van der Waals surface area contributed by atoms with E-state index in [1.165, 1.54) is 8.61 Å². The number of fused-ring (bicyclic) bond motifs is 2. The highest BCUT2D eigenvalue weighted by atomic mass is 32.2.